The molecule has 0 atom stereocenters. The number of fused-ring (bicyclic) bond motifs is 1. The number of carbonyl (C=O) groups excluding carboxylic acids is 1. The van der Waals surface area contributed by atoms with Crippen molar-refractivity contribution in [2.75, 3.05) is 31.3 Å². The van der Waals surface area contributed by atoms with Gasteiger partial charge in [0.1, 0.15) is 13.2 Å². The molecule has 0 bridgehead atoms. The molecule has 7 nitrogen and oxygen atoms in total. The molecule has 22 heavy (non-hydrogen) atoms. The molecule has 1 aliphatic heterocycles. The van der Waals surface area contributed by atoms with Crippen molar-refractivity contribution in [1.29, 1.82) is 0 Å². The van der Waals surface area contributed by atoms with Gasteiger partial charge in [-0.25, -0.2) is 4.79 Å². The largest absolute Gasteiger partial charge is 0.486 e. The minimum absolute atomic E-state index is 0.0281. The number of anilines is 1. The zero-order chi connectivity index (χ0) is 15.9. The second-order valence-corrected chi connectivity index (χ2v) is 5.42. The van der Waals surface area contributed by atoms with Crippen LogP contribution in [0.5, 0.6) is 11.5 Å². The van der Waals surface area contributed by atoms with Gasteiger partial charge in [0.15, 0.2) is 11.5 Å². The third-order valence-corrected chi connectivity index (χ3v) is 3.74. The van der Waals surface area contributed by atoms with E-state index < -0.39 is 5.97 Å². The number of amides is 2. The molecule has 8 heteroatoms. The Balaban J connectivity index is 1.96. The van der Waals surface area contributed by atoms with Crippen LogP contribution in [0.25, 0.3) is 0 Å². The molecule has 0 saturated heterocycles. The van der Waals surface area contributed by atoms with E-state index in [0.29, 0.717) is 43.4 Å². The molecule has 0 spiro atoms. The first-order chi connectivity index (χ1) is 10.6. The summed E-state index contributed by atoms with van der Waals surface area (Å²) in [4.78, 5) is 23.1. The molecular weight excluding hydrogens is 308 g/mol. The summed E-state index contributed by atoms with van der Waals surface area (Å²) in [6, 6.07) is 3.19. The number of urea groups is 1. The lowest BCUT2D eigenvalue weighted by atomic mass is 10.2. The highest BCUT2D eigenvalue weighted by Crippen LogP contribution is 2.39. The van der Waals surface area contributed by atoms with E-state index in [0.717, 1.165) is 4.90 Å². The van der Waals surface area contributed by atoms with Crippen LogP contribution in [0.2, 0.25) is 0 Å². The number of hydrogen-bond acceptors (Lipinski definition) is 5. The van der Waals surface area contributed by atoms with E-state index in [1.807, 2.05) is 12.3 Å². The topological polar surface area (TPSA) is 96.9 Å². The number of nitrogens with one attached hydrogen (secondary N) is 2. The first kappa shape index (κ1) is 16.3. The summed E-state index contributed by atoms with van der Waals surface area (Å²) in [7, 11) is 0. The van der Waals surface area contributed by atoms with Gasteiger partial charge >= 0.3 is 12.0 Å². The number of aliphatic carboxylic acids is 1. The summed E-state index contributed by atoms with van der Waals surface area (Å²) in [5.74, 6) is 0.395. The Kier molecular flexibility index (Phi) is 5.76. The number of hydrogen-bond donors (Lipinski definition) is 3. The van der Waals surface area contributed by atoms with E-state index in [2.05, 4.69) is 10.6 Å². The molecule has 1 heterocycles. The molecule has 0 unspecified atom stereocenters. The zero-order valence-electron chi connectivity index (χ0n) is 12.2. The van der Waals surface area contributed by atoms with Gasteiger partial charge in [0, 0.05) is 23.9 Å². The van der Waals surface area contributed by atoms with Crippen LogP contribution in [0, 0.1) is 0 Å². The van der Waals surface area contributed by atoms with Gasteiger partial charge in [-0.2, -0.15) is 0 Å². The van der Waals surface area contributed by atoms with Crippen LogP contribution in [-0.2, 0) is 4.79 Å². The number of benzene rings is 1. The molecule has 0 aromatic heterocycles. The van der Waals surface area contributed by atoms with Gasteiger partial charge in [0.25, 0.3) is 0 Å². The highest BCUT2D eigenvalue weighted by Gasteiger charge is 2.16. The van der Waals surface area contributed by atoms with Crippen LogP contribution in [0.1, 0.15) is 12.8 Å². The van der Waals surface area contributed by atoms with E-state index >= 15 is 0 Å². The predicted molar refractivity (Wildman–Crippen MR) is 83.1 cm³/mol. The molecule has 0 fully saturated rings. The molecule has 0 radical (unpaired) electrons. The van der Waals surface area contributed by atoms with Gasteiger partial charge in [-0.1, -0.05) is 0 Å². The number of carboxylic acids is 1. The van der Waals surface area contributed by atoms with Crippen molar-refractivity contribution < 1.29 is 24.2 Å². The minimum atomic E-state index is -0.876. The lowest BCUT2D eigenvalue weighted by Gasteiger charge is -2.21. The summed E-state index contributed by atoms with van der Waals surface area (Å²) in [5, 5.41) is 13.9. The first-order valence-corrected chi connectivity index (χ1v) is 8.07. The average molecular weight is 326 g/mol. The lowest BCUT2D eigenvalue weighted by Crippen LogP contribution is -2.30. The van der Waals surface area contributed by atoms with Crippen LogP contribution < -0.4 is 20.1 Å². The van der Waals surface area contributed by atoms with Crippen molar-refractivity contribution in [1.82, 2.24) is 5.32 Å². The van der Waals surface area contributed by atoms with Crippen molar-refractivity contribution >= 4 is 29.4 Å². The van der Waals surface area contributed by atoms with E-state index in [9.17, 15) is 9.59 Å². The fourth-order valence-corrected chi connectivity index (χ4v) is 2.50. The van der Waals surface area contributed by atoms with Crippen LogP contribution >= 0.6 is 11.8 Å². The first-order valence-electron chi connectivity index (χ1n) is 6.84. The maximum atomic E-state index is 11.8. The number of carbonyl (C=O) groups is 2. The molecule has 3 N–H and O–H groups in total. The van der Waals surface area contributed by atoms with Gasteiger partial charge in [0.2, 0.25) is 0 Å². The van der Waals surface area contributed by atoms with Crippen LogP contribution in [0.15, 0.2) is 17.0 Å². The number of carboxylic acid groups (broad SMARTS) is 1. The molecule has 1 aromatic carbocycles. The van der Waals surface area contributed by atoms with Crippen molar-refractivity contribution in [3.8, 4) is 11.5 Å². The van der Waals surface area contributed by atoms with E-state index in [4.69, 9.17) is 14.6 Å². The van der Waals surface area contributed by atoms with Gasteiger partial charge < -0.3 is 25.2 Å². The monoisotopic (exact) mass is 326 g/mol. The predicted octanol–water partition coefficient (Wildman–Crippen LogP) is 2.17. The smallest absolute Gasteiger partial charge is 0.319 e. The van der Waals surface area contributed by atoms with Crippen LogP contribution in [0.4, 0.5) is 10.5 Å². The van der Waals surface area contributed by atoms with Gasteiger partial charge in [0.05, 0.1) is 5.69 Å². The van der Waals surface area contributed by atoms with Crippen molar-refractivity contribution in [3.05, 3.63) is 12.1 Å². The van der Waals surface area contributed by atoms with Crippen LogP contribution in [0.3, 0.4) is 0 Å². The Morgan fingerprint density at radius 1 is 1.27 bits per heavy atom. The molecule has 1 aliphatic rings. The van der Waals surface area contributed by atoms with Crippen molar-refractivity contribution in [2.45, 2.75) is 17.7 Å². The Bertz CT molecular complexity index is 564. The Morgan fingerprint density at radius 3 is 2.59 bits per heavy atom. The number of thioether (sulfide) groups is 1. The van der Waals surface area contributed by atoms with Gasteiger partial charge in [-0.3, -0.25) is 4.79 Å². The average Bonchev–Trinajstić information content (AvgIpc) is 2.50. The SMILES string of the molecule is CSc1cc2c(cc1NC(=O)NCCCC(=O)O)OCCO2. The van der Waals surface area contributed by atoms with Gasteiger partial charge in [-0.15, -0.1) is 11.8 Å². The molecule has 1 aromatic rings. The lowest BCUT2D eigenvalue weighted by molar-refractivity contribution is -0.137. The highest BCUT2D eigenvalue weighted by atomic mass is 32.2. The third kappa shape index (κ3) is 4.45. The summed E-state index contributed by atoms with van der Waals surface area (Å²) in [5.41, 5.74) is 0.632. The van der Waals surface area contributed by atoms with E-state index in [1.165, 1.54) is 11.8 Å². The highest BCUT2D eigenvalue weighted by molar-refractivity contribution is 7.98. The van der Waals surface area contributed by atoms with Crippen molar-refractivity contribution in [3.63, 3.8) is 0 Å². The fraction of sp³-hybridized carbons (Fsp3) is 0.429. The fourth-order valence-electron chi connectivity index (χ4n) is 1.94. The molecule has 2 amide bonds. The Hall–Kier alpha value is -2.09. The summed E-state index contributed by atoms with van der Waals surface area (Å²) in [6.45, 7) is 1.29. The molecule has 0 aliphatic carbocycles. The summed E-state index contributed by atoms with van der Waals surface area (Å²) in [6.07, 6.45) is 2.32. The van der Waals surface area contributed by atoms with Crippen LogP contribution in [-0.4, -0.2) is 43.1 Å². The number of ether oxygens (including phenoxy) is 2. The minimum Gasteiger partial charge on any atom is -0.486 e. The third-order valence-electron chi connectivity index (χ3n) is 2.97. The standard InChI is InChI=1S/C14H18N2O5S/c1-22-12-8-11-10(20-5-6-21-11)7-9(12)16-14(19)15-4-2-3-13(17)18/h7-8H,2-6H2,1H3,(H,17,18)(H2,15,16,19). The summed E-state index contributed by atoms with van der Waals surface area (Å²) >= 11 is 1.49. The van der Waals surface area contributed by atoms with E-state index in [-0.39, 0.29) is 12.5 Å². The van der Waals surface area contributed by atoms with Gasteiger partial charge in [-0.05, 0) is 18.7 Å². The van der Waals surface area contributed by atoms with Crippen molar-refractivity contribution in [2.24, 2.45) is 0 Å². The molecule has 2 rings (SSSR count). The zero-order valence-corrected chi connectivity index (χ0v) is 13.0. The summed E-state index contributed by atoms with van der Waals surface area (Å²) < 4.78 is 11.0. The number of rotatable bonds is 6. The second kappa shape index (κ2) is 7.79. The second-order valence-electron chi connectivity index (χ2n) is 4.57. The van der Waals surface area contributed by atoms with E-state index in [1.54, 1.807) is 6.07 Å². The maximum absolute atomic E-state index is 11.8. The Morgan fingerprint density at radius 2 is 1.95 bits per heavy atom. The molecule has 0 saturated carbocycles. The molecule has 120 valence electrons. The quantitative estimate of drug-likeness (QED) is 0.547. The normalized spacial score (nSPS) is 12.6. The molecular formula is C14H18N2O5S. The Labute approximate surface area is 132 Å². The maximum Gasteiger partial charge on any atom is 0.319 e.